The van der Waals surface area contributed by atoms with Crippen LogP contribution in [0.1, 0.15) is 34.3 Å². The maximum Gasteiger partial charge on any atom is 0.271 e. The van der Waals surface area contributed by atoms with Crippen LogP contribution in [0.25, 0.3) is 26.5 Å². The highest BCUT2D eigenvalue weighted by Crippen LogP contribution is 2.39. The van der Waals surface area contributed by atoms with Crippen LogP contribution in [0.15, 0.2) is 90.1 Å². The molecule has 1 amide bonds. The van der Waals surface area contributed by atoms with E-state index in [1.807, 2.05) is 23.1 Å². The monoisotopic (exact) mass is 727 g/mol. The minimum atomic E-state index is -2.59. The van der Waals surface area contributed by atoms with E-state index < -0.39 is 29.0 Å². The summed E-state index contributed by atoms with van der Waals surface area (Å²) < 4.78 is 69.6. The van der Waals surface area contributed by atoms with Crippen LogP contribution < -0.4 is 20.3 Å². The number of hydrogen-bond acceptors (Lipinski definition) is 8. The number of piperidine rings is 1. The van der Waals surface area contributed by atoms with Crippen molar-refractivity contribution in [3.63, 3.8) is 0 Å². The summed E-state index contributed by atoms with van der Waals surface area (Å²) in [4.78, 5) is 38.8. The zero-order chi connectivity index (χ0) is 36.0. The number of halogens is 4. The highest BCUT2D eigenvalue weighted by Gasteiger charge is 2.34. The number of hydrogen-bond donors (Lipinski definition) is 1. The van der Waals surface area contributed by atoms with Crippen molar-refractivity contribution in [2.75, 3.05) is 25.0 Å². The molecule has 9 nitrogen and oxygen atoms in total. The highest BCUT2D eigenvalue weighted by molar-refractivity contribution is 7.22. The predicted molar refractivity (Wildman–Crippen MR) is 188 cm³/mol. The fraction of sp³-hybridized carbons (Fsp3) is 0.211. The van der Waals surface area contributed by atoms with Gasteiger partial charge in [0.2, 0.25) is 0 Å². The molecule has 6 aromatic rings. The number of pyridine rings is 3. The number of thiophene rings is 1. The lowest BCUT2D eigenvalue weighted by Crippen LogP contribution is -2.38. The molecule has 4 aromatic heterocycles. The maximum atomic E-state index is 15.5. The third kappa shape index (κ3) is 6.74. The van der Waals surface area contributed by atoms with Gasteiger partial charge in [-0.3, -0.25) is 29.0 Å². The number of carbonyl (C=O) groups excluding carboxylic acids is 1. The van der Waals surface area contributed by atoms with Gasteiger partial charge >= 0.3 is 0 Å². The van der Waals surface area contributed by atoms with Crippen LogP contribution >= 0.6 is 11.3 Å². The Morgan fingerprint density at radius 2 is 1.79 bits per heavy atom. The Balaban J connectivity index is 0.985. The van der Waals surface area contributed by atoms with E-state index >= 15 is 4.39 Å². The Bertz CT molecular complexity index is 2370. The molecule has 0 saturated carbocycles. The molecule has 2 aliphatic rings. The fourth-order valence-corrected chi connectivity index (χ4v) is 7.35. The Kier molecular flexibility index (Phi) is 8.71. The van der Waals surface area contributed by atoms with E-state index in [1.54, 1.807) is 24.7 Å². The first-order valence-corrected chi connectivity index (χ1v) is 17.3. The second-order valence-corrected chi connectivity index (χ2v) is 13.7. The lowest BCUT2D eigenvalue weighted by atomic mass is 10.1. The van der Waals surface area contributed by atoms with Gasteiger partial charge in [0.05, 0.1) is 27.4 Å². The molecular weight excluding hydrogens is 699 g/mol. The predicted octanol–water partition coefficient (Wildman–Crippen LogP) is 8.00. The number of amides is 1. The number of nitrogens with one attached hydrogen (secondary N) is 1. The molecule has 264 valence electrons. The molecule has 1 saturated heterocycles. The number of nitrogens with zero attached hydrogens (tertiary/aromatic N) is 4. The van der Waals surface area contributed by atoms with Gasteiger partial charge in [0.25, 0.3) is 17.4 Å². The minimum Gasteiger partial charge on any atom is -0.492 e. The Morgan fingerprint density at radius 3 is 2.54 bits per heavy atom. The molecular formula is C38H29F4N5O4S. The molecule has 0 unspecified atom stereocenters. The quantitative estimate of drug-likeness (QED) is 0.159. The first-order valence-electron chi connectivity index (χ1n) is 16.5. The highest BCUT2D eigenvalue weighted by atomic mass is 32.1. The third-order valence-corrected chi connectivity index (χ3v) is 10.2. The minimum absolute atomic E-state index is 0.0872. The van der Waals surface area contributed by atoms with Crippen LogP contribution in [0, 0.1) is 11.6 Å². The number of benzene rings is 2. The molecule has 14 heteroatoms. The first kappa shape index (κ1) is 33.5. The summed E-state index contributed by atoms with van der Waals surface area (Å²) in [7, 11) is 0. The van der Waals surface area contributed by atoms with E-state index in [1.165, 1.54) is 52.3 Å². The molecule has 1 N–H and O–H groups in total. The maximum absolute atomic E-state index is 15.5. The lowest BCUT2D eigenvalue weighted by molar-refractivity contribution is -0.0566. The van der Waals surface area contributed by atoms with Gasteiger partial charge in [-0.25, -0.2) is 17.6 Å². The molecule has 6 heterocycles. The summed E-state index contributed by atoms with van der Waals surface area (Å²) in [6.45, 7) is 1.50. The molecule has 0 bridgehead atoms. The van der Waals surface area contributed by atoms with Gasteiger partial charge in [-0.15, -0.1) is 11.3 Å². The van der Waals surface area contributed by atoms with Gasteiger partial charge in [-0.2, -0.15) is 0 Å². The van der Waals surface area contributed by atoms with Crippen LogP contribution in [0.5, 0.6) is 17.2 Å². The number of fused-ring (bicyclic) bond motifs is 2. The average molecular weight is 728 g/mol. The SMILES string of the molecule is O=C(Nc1ccc(Oc2ccnc3cc(-c4ccc(CN5CCC(F)(F)CC5)cn4)sc23)c(F)c1)c1c2c(cn(-c3ccc(F)cc3)c1=O)CCO2. The van der Waals surface area contributed by atoms with Crippen LogP contribution in [-0.4, -0.2) is 51.0 Å². The number of likely N-dealkylation sites (tertiary alicyclic amines) is 1. The summed E-state index contributed by atoms with van der Waals surface area (Å²) in [5.74, 6) is -4.16. The van der Waals surface area contributed by atoms with Gasteiger partial charge in [0.1, 0.15) is 22.9 Å². The normalized spacial score (nSPS) is 15.3. The fourth-order valence-electron chi connectivity index (χ4n) is 6.31. The van der Waals surface area contributed by atoms with E-state index in [-0.39, 0.29) is 42.2 Å². The van der Waals surface area contributed by atoms with Crippen molar-refractivity contribution in [1.82, 2.24) is 19.4 Å². The lowest BCUT2D eigenvalue weighted by Gasteiger charge is -2.31. The van der Waals surface area contributed by atoms with Crippen molar-refractivity contribution in [2.24, 2.45) is 0 Å². The summed E-state index contributed by atoms with van der Waals surface area (Å²) in [6.07, 6.45) is 5.06. The van der Waals surface area contributed by atoms with Crippen LogP contribution in [-0.2, 0) is 13.0 Å². The summed E-state index contributed by atoms with van der Waals surface area (Å²) >= 11 is 1.38. The molecule has 52 heavy (non-hydrogen) atoms. The molecule has 0 radical (unpaired) electrons. The second kappa shape index (κ2) is 13.5. The number of rotatable bonds is 8. The van der Waals surface area contributed by atoms with E-state index in [0.717, 1.165) is 16.5 Å². The van der Waals surface area contributed by atoms with Gasteiger partial charge < -0.3 is 14.8 Å². The van der Waals surface area contributed by atoms with E-state index in [2.05, 4.69) is 15.3 Å². The van der Waals surface area contributed by atoms with Gasteiger partial charge in [0.15, 0.2) is 11.6 Å². The van der Waals surface area contributed by atoms with E-state index in [9.17, 15) is 22.8 Å². The number of anilines is 1. The number of alkyl halides is 2. The summed E-state index contributed by atoms with van der Waals surface area (Å²) in [6, 6.07) is 16.5. The van der Waals surface area contributed by atoms with Crippen molar-refractivity contribution in [1.29, 1.82) is 0 Å². The Labute approximate surface area is 298 Å². The first-order chi connectivity index (χ1) is 25.1. The van der Waals surface area contributed by atoms with E-state index in [4.69, 9.17) is 9.47 Å². The average Bonchev–Trinajstić information content (AvgIpc) is 3.79. The second-order valence-electron chi connectivity index (χ2n) is 12.6. The van der Waals surface area contributed by atoms with Gasteiger partial charge in [-0.1, -0.05) is 6.07 Å². The topological polar surface area (TPSA) is 98.6 Å². The molecule has 8 rings (SSSR count). The van der Waals surface area contributed by atoms with Gasteiger partial charge in [-0.05, 0) is 54.1 Å². The van der Waals surface area contributed by atoms with E-state index in [0.29, 0.717) is 59.0 Å². The van der Waals surface area contributed by atoms with Crippen LogP contribution in [0.2, 0.25) is 0 Å². The summed E-state index contributed by atoms with van der Waals surface area (Å²) in [5.41, 5.74) is 2.45. The van der Waals surface area contributed by atoms with Crippen molar-refractivity contribution in [3.8, 4) is 33.5 Å². The molecule has 0 spiro atoms. The third-order valence-electron chi connectivity index (χ3n) is 9.04. The smallest absolute Gasteiger partial charge is 0.271 e. The standard InChI is InChI=1S/C38H29F4N5O4S/c39-24-2-5-26(6-3-24)47-21-23-10-16-50-34(23)33(37(47)49)36(48)45-25-4-8-30(27(40)17-25)51-31-9-13-43-29-18-32(52-35(29)31)28-7-1-22(19-44-28)20-46-14-11-38(41,42)12-15-46/h1-9,13,17-19,21H,10-12,14-16,20H2,(H,45,48). The Hall–Kier alpha value is -5.60. The summed E-state index contributed by atoms with van der Waals surface area (Å²) in [5, 5.41) is 2.59. The molecule has 1 fully saturated rings. The number of carbonyl (C=O) groups is 1. The van der Waals surface area contributed by atoms with Crippen LogP contribution in [0.3, 0.4) is 0 Å². The molecule has 0 aliphatic carbocycles. The van der Waals surface area contributed by atoms with Crippen molar-refractivity contribution >= 4 is 33.1 Å². The number of aromatic nitrogens is 3. The van der Waals surface area contributed by atoms with Crippen molar-refractivity contribution < 1.29 is 31.8 Å². The Morgan fingerprint density at radius 1 is 0.981 bits per heavy atom. The molecule has 0 atom stereocenters. The number of ether oxygens (including phenoxy) is 2. The zero-order valence-corrected chi connectivity index (χ0v) is 28.2. The molecule has 2 aliphatic heterocycles. The molecule has 2 aromatic carbocycles. The zero-order valence-electron chi connectivity index (χ0n) is 27.4. The van der Waals surface area contributed by atoms with Crippen molar-refractivity contribution in [2.45, 2.75) is 31.7 Å². The van der Waals surface area contributed by atoms with Crippen LogP contribution in [0.4, 0.5) is 23.2 Å². The van der Waals surface area contributed by atoms with Crippen molar-refractivity contribution in [3.05, 3.63) is 124 Å². The van der Waals surface area contributed by atoms with Gasteiger partial charge in [0, 0.05) is 86.6 Å². The largest absolute Gasteiger partial charge is 0.492 e.